The lowest BCUT2D eigenvalue weighted by molar-refractivity contribution is 0.0698. The van der Waals surface area contributed by atoms with Gasteiger partial charge in [0.1, 0.15) is 0 Å². The van der Waals surface area contributed by atoms with Gasteiger partial charge in [-0.15, -0.1) is 0 Å². The number of carbonyl (C=O) groups is 1. The summed E-state index contributed by atoms with van der Waals surface area (Å²) in [6.07, 6.45) is 0. The Morgan fingerprint density at radius 1 is 1.28 bits per heavy atom. The van der Waals surface area contributed by atoms with Crippen molar-refractivity contribution in [2.45, 2.75) is 6.92 Å². The number of hydrogen-bond donors (Lipinski definition) is 2. The number of carboxylic acid groups (broad SMARTS) is 1. The summed E-state index contributed by atoms with van der Waals surface area (Å²) in [5, 5.41) is 9.60. The van der Waals surface area contributed by atoms with Gasteiger partial charge in [0.05, 0.1) is 5.56 Å². The van der Waals surface area contributed by atoms with E-state index in [0.717, 1.165) is 16.7 Å². The van der Waals surface area contributed by atoms with Crippen molar-refractivity contribution in [3.63, 3.8) is 0 Å². The first kappa shape index (κ1) is 12.5. The predicted octanol–water partition coefficient (Wildman–Crippen LogP) is 3.60. The molecule has 0 bridgehead atoms. The van der Waals surface area contributed by atoms with Crippen LogP contribution in [0.25, 0.3) is 11.1 Å². The fraction of sp³-hybridized carbons (Fsp3) is 0.0714. The van der Waals surface area contributed by atoms with Crippen LogP contribution in [0.2, 0.25) is 5.02 Å². The van der Waals surface area contributed by atoms with Gasteiger partial charge in [0.15, 0.2) is 0 Å². The lowest BCUT2D eigenvalue weighted by atomic mass is 9.98. The number of benzene rings is 2. The number of rotatable bonds is 2. The molecule has 0 spiro atoms. The van der Waals surface area contributed by atoms with Gasteiger partial charge in [0.2, 0.25) is 0 Å². The Hall–Kier alpha value is -2.00. The number of aromatic carboxylic acids is 1. The summed E-state index contributed by atoms with van der Waals surface area (Å²) in [6.45, 7) is 1.92. The van der Waals surface area contributed by atoms with E-state index in [9.17, 15) is 4.79 Å². The van der Waals surface area contributed by atoms with E-state index in [1.165, 1.54) is 6.07 Å². The quantitative estimate of drug-likeness (QED) is 0.812. The third kappa shape index (κ3) is 2.17. The van der Waals surface area contributed by atoms with Gasteiger partial charge in [-0.25, -0.2) is 4.79 Å². The van der Waals surface area contributed by atoms with Gasteiger partial charge in [-0.3, -0.25) is 0 Å². The second-order valence-corrected chi connectivity index (χ2v) is 4.43. The van der Waals surface area contributed by atoms with Crippen LogP contribution in [0.1, 0.15) is 15.9 Å². The highest BCUT2D eigenvalue weighted by Gasteiger charge is 2.10. The van der Waals surface area contributed by atoms with Crippen LogP contribution >= 0.6 is 11.6 Å². The molecule has 0 saturated heterocycles. The molecule has 0 aliphatic rings. The number of anilines is 1. The fourth-order valence-electron chi connectivity index (χ4n) is 1.85. The van der Waals surface area contributed by atoms with E-state index in [4.69, 9.17) is 22.4 Å². The van der Waals surface area contributed by atoms with Crippen molar-refractivity contribution in [2.24, 2.45) is 0 Å². The summed E-state index contributed by atoms with van der Waals surface area (Å²) < 4.78 is 0. The van der Waals surface area contributed by atoms with Crippen molar-refractivity contribution in [1.82, 2.24) is 0 Å². The van der Waals surface area contributed by atoms with Crippen LogP contribution in [-0.4, -0.2) is 11.1 Å². The maximum atomic E-state index is 10.9. The molecule has 0 radical (unpaired) electrons. The molecule has 0 heterocycles. The number of nitrogen functional groups attached to an aromatic ring is 1. The topological polar surface area (TPSA) is 63.3 Å². The van der Waals surface area contributed by atoms with Gasteiger partial charge in [-0.05, 0) is 41.8 Å². The molecule has 2 rings (SSSR count). The van der Waals surface area contributed by atoms with Gasteiger partial charge in [0, 0.05) is 10.7 Å². The van der Waals surface area contributed by atoms with Crippen LogP contribution in [0.5, 0.6) is 0 Å². The SMILES string of the molecule is Cc1c(Cl)cccc1-c1ccc(C(=O)O)c(N)c1. The van der Waals surface area contributed by atoms with Crippen molar-refractivity contribution in [3.05, 3.63) is 52.5 Å². The number of carboxylic acids is 1. The monoisotopic (exact) mass is 261 g/mol. The first-order valence-electron chi connectivity index (χ1n) is 5.39. The Kier molecular flexibility index (Phi) is 3.26. The summed E-state index contributed by atoms with van der Waals surface area (Å²) in [5.41, 5.74) is 8.85. The van der Waals surface area contributed by atoms with E-state index in [0.29, 0.717) is 5.02 Å². The van der Waals surface area contributed by atoms with Gasteiger partial charge in [0.25, 0.3) is 0 Å². The third-order valence-corrected chi connectivity index (χ3v) is 3.27. The fourth-order valence-corrected chi connectivity index (χ4v) is 2.02. The summed E-state index contributed by atoms with van der Waals surface area (Å²) in [6, 6.07) is 10.5. The molecule has 18 heavy (non-hydrogen) atoms. The summed E-state index contributed by atoms with van der Waals surface area (Å²) in [7, 11) is 0. The molecule has 2 aromatic rings. The van der Waals surface area contributed by atoms with Gasteiger partial charge >= 0.3 is 5.97 Å². The maximum absolute atomic E-state index is 10.9. The highest BCUT2D eigenvalue weighted by Crippen LogP contribution is 2.30. The van der Waals surface area contributed by atoms with Gasteiger partial charge in [-0.2, -0.15) is 0 Å². The minimum Gasteiger partial charge on any atom is -0.478 e. The highest BCUT2D eigenvalue weighted by molar-refractivity contribution is 6.31. The van der Waals surface area contributed by atoms with Crippen molar-refractivity contribution < 1.29 is 9.90 Å². The zero-order chi connectivity index (χ0) is 13.3. The molecule has 4 heteroatoms. The molecule has 0 fully saturated rings. The molecule has 0 aromatic heterocycles. The van der Waals surface area contributed by atoms with Crippen LogP contribution in [-0.2, 0) is 0 Å². The second-order valence-electron chi connectivity index (χ2n) is 4.02. The molecule has 0 unspecified atom stereocenters. The van der Waals surface area contributed by atoms with E-state index < -0.39 is 5.97 Å². The Morgan fingerprint density at radius 2 is 2.00 bits per heavy atom. The molecule has 0 amide bonds. The van der Waals surface area contributed by atoms with Crippen LogP contribution in [0, 0.1) is 6.92 Å². The van der Waals surface area contributed by atoms with Crippen molar-refractivity contribution in [1.29, 1.82) is 0 Å². The lowest BCUT2D eigenvalue weighted by Gasteiger charge is -2.09. The van der Waals surface area contributed by atoms with Crippen LogP contribution in [0.3, 0.4) is 0 Å². The zero-order valence-corrected chi connectivity index (χ0v) is 10.5. The minimum absolute atomic E-state index is 0.110. The van der Waals surface area contributed by atoms with Gasteiger partial charge < -0.3 is 10.8 Å². The highest BCUT2D eigenvalue weighted by atomic mass is 35.5. The molecule has 0 atom stereocenters. The van der Waals surface area contributed by atoms with Gasteiger partial charge in [-0.1, -0.05) is 29.8 Å². The molecule has 0 saturated carbocycles. The Morgan fingerprint density at radius 3 is 2.61 bits per heavy atom. The molecule has 3 N–H and O–H groups in total. The molecular formula is C14H12ClNO2. The molecular weight excluding hydrogens is 250 g/mol. The smallest absolute Gasteiger partial charge is 0.337 e. The van der Waals surface area contributed by atoms with E-state index in [1.54, 1.807) is 12.1 Å². The standard InChI is InChI=1S/C14H12ClNO2/c1-8-10(3-2-4-12(8)15)9-5-6-11(14(17)18)13(16)7-9/h2-7H,16H2,1H3,(H,17,18). The molecule has 2 aromatic carbocycles. The predicted molar refractivity (Wildman–Crippen MR) is 73.0 cm³/mol. The first-order chi connectivity index (χ1) is 8.50. The average molecular weight is 262 g/mol. The molecule has 0 aliphatic heterocycles. The van der Waals surface area contributed by atoms with E-state index in [-0.39, 0.29) is 11.3 Å². The normalized spacial score (nSPS) is 10.3. The van der Waals surface area contributed by atoms with Crippen LogP contribution < -0.4 is 5.73 Å². The second kappa shape index (κ2) is 4.70. The lowest BCUT2D eigenvalue weighted by Crippen LogP contribution is -2.02. The summed E-state index contributed by atoms with van der Waals surface area (Å²) >= 11 is 6.06. The van der Waals surface area contributed by atoms with Crippen LogP contribution in [0.4, 0.5) is 5.69 Å². The number of hydrogen-bond acceptors (Lipinski definition) is 2. The number of halogens is 1. The Bertz CT molecular complexity index is 623. The molecule has 3 nitrogen and oxygen atoms in total. The summed E-state index contributed by atoms with van der Waals surface area (Å²) in [4.78, 5) is 10.9. The minimum atomic E-state index is -1.03. The first-order valence-corrected chi connectivity index (χ1v) is 5.77. The van der Waals surface area contributed by atoms with E-state index in [2.05, 4.69) is 0 Å². The average Bonchev–Trinajstić information content (AvgIpc) is 2.32. The maximum Gasteiger partial charge on any atom is 0.337 e. The zero-order valence-electron chi connectivity index (χ0n) is 9.77. The largest absolute Gasteiger partial charge is 0.478 e. The number of nitrogens with two attached hydrogens (primary N) is 1. The third-order valence-electron chi connectivity index (χ3n) is 2.86. The Labute approximate surface area is 110 Å². The summed E-state index contributed by atoms with van der Waals surface area (Å²) in [5.74, 6) is -1.03. The van der Waals surface area contributed by atoms with Crippen LogP contribution in [0.15, 0.2) is 36.4 Å². The molecule has 0 aliphatic carbocycles. The van der Waals surface area contributed by atoms with E-state index >= 15 is 0 Å². The van der Waals surface area contributed by atoms with Crippen molar-refractivity contribution >= 4 is 23.3 Å². The van der Waals surface area contributed by atoms with Crippen molar-refractivity contribution in [3.8, 4) is 11.1 Å². The van der Waals surface area contributed by atoms with Crippen molar-refractivity contribution in [2.75, 3.05) is 5.73 Å². The van der Waals surface area contributed by atoms with E-state index in [1.807, 2.05) is 25.1 Å². The molecule has 92 valence electrons. The Balaban J connectivity index is 2.56.